The lowest BCUT2D eigenvalue weighted by Crippen LogP contribution is -1.83. The molecular weight excluding hydrogens is 210 g/mol. The largest absolute Gasteiger partial charge is 0.508 e. The minimum Gasteiger partial charge on any atom is -0.508 e. The number of aromatic nitrogens is 1. The average Bonchev–Trinajstić information content (AvgIpc) is 2.68. The van der Waals surface area contributed by atoms with Crippen molar-refractivity contribution in [2.45, 2.75) is 6.92 Å². The fraction of sp³-hybridized carbons (Fsp3) is 0.0909. The van der Waals surface area contributed by atoms with Gasteiger partial charge in [0.05, 0.1) is 4.88 Å². The van der Waals surface area contributed by atoms with E-state index in [0.29, 0.717) is 4.88 Å². The number of carbonyl (C=O) groups excluding carboxylic acids is 1. The zero-order valence-electron chi connectivity index (χ0n) is 8.10. The van der Waals surface area contributed by atoms with Gasteiger partial charge < -0.3 is 5.11 Å². The lowest BCUT2D eigenvalue weighted by molar-refractivity contribution is 0.102. The molecule has 0 aliphatic heterocycles. The number of ketones is 1. The van der Waals surface area contributed by atoms with E-state index < -0.39 is 0 Å². The van der Waals surface area contributed by atoms with E-state index in [4.69, 9.17) is 5.11 Å². The summed E-state index contributed by atoms with van der Waals surface area (Å²) in [6, 6.07) is 6.75. The number of phenolic OH excluding ortho intramolecular Hbond substituents is 1. The monoisotopic (exact) mass is 219 g/mol. The van der Waals surface area contributed by atoms with Gasteiger partial charge in [-0.25, -0.2) is 4.98 Å². The van der Waals surface area contributed by atoms with Crippen LogP contribution in [0.4, 0.5) is 0 Å². The van der Waals surface area contributed by atoms with Gasteiger partial charge in [0.2, 0.25) is 0 Å². The molecule has 2 aromatic rings. The maximum Gasteiger partial charge on any atom is 0.171 e. The van der Waals surface area contributed by atoms with Crippen molar-refractivity contribution in [3.63, 3.8) is 0 Å². The molecule has 2 rings (SSSR count). The Labute approximate surface area is 91.0 Å². The molecule has 0 saturated heterocycles. The number of phenols is 1. The SMILES string of the molecule is CC(=O)c1cnc(-c2ccc(O)cc2)s1. The van der Waals surface area contributed by atoms with Crippen LogP contribution in [0, 0.1) is 0 Å². The van der Waals surface area contributed by atoms with Gasteiger partial charge in [-0.15, -0.1) is 11.3 Å². The molecule has 1 N–H and O–H groups in total. The van der Waals surface area contributed by atoms with Crippen molar-refractivity contribution in [1.29, 1.82) is 0 Å². The molecule has 0 unspecified atom stereocenters. The second-order valence-corrected chi connectivity index (χ2v) is 4.16. The van der Waals surface area contributed by atoms with Crippen LogP contribution in [0.5, 0.6) is 5.75 Å². The van der Waals surface area contributed by atoms with Gasteiger partial charge in [-0.3, -0.25) is 4.79 Å². The highest BCUT2D eigenvalue weighted by atomic mass is 32.1. The van der Waals surface area contributed by atoms with Crippen molar-refractivity contribution in [2.24, 2.45) is 0 Å². The maximum absolute atomic E-state index is 11.1. The molecule has 1 aromatic carbocycles. The third kappa shape index (κ3) is 2.05. The summed E-state index contributed by atoms with van der Waals surface area (Å²) in [4.78, 5) is 15.9. The molecule has 4 heteroatoms. The molecule has 15 heavy (non-hydrogen) atoms. The van der Waals surface area contributed by atoms with Gasteiger partial charge in [-0.2, -0.15) is 0 Å². The van der Waals surface area contributed by atoms with Crippen molar-refractivity contribution in [1.82, 2.24) is 4.98 Å². The van der Waals surface area contributed by atoms with E-state index >= 15 is 0 Å². The van der Waals surface area contributed by atoms with Crippen LogP contribution in [-0.4, -0.2) is 15.9 Å². The molecule has 1 aromatic heterocycles. The molecular formula is C11H9NO2S. The van der Waals surface area contributed by atoms with E-state index in [1.807, 2.05) is 0 Å². The highest BCUT2D eigenvalue weighted by Gasteiger charge is 2.07. The Kier molecular flexibility index (Phi) is 2.51. The third-order valence-electron chi connectivity index (χ3n) is 1.97. The number of thiazole rings is 1. The van der Waals surface area contributed by atoms with Crippen LogP contribution in [0.2, 0.25) is 0 Å². The van der Waals surface area contributed by atoms with Crippen LogP contribution >= 0.6 is 11.3 Å². The van der Waals surface area contributed by atoms with Crippen molar-refractivity contribution in [2.75, 3.05) is 0 Å². The second-order valence-electron chi connectivity index (χ2n) is 3.13. The van der Waals surface area contributed by atoms with Crippen LogP contribution in [0.3, 0.4) is 0 Å². The summed E-state index contributed by atoms with van der Waals surface area (Å²) in [6.07, 6.45) is 1.58. The first-order chi connectivity index (χ1) is 7.16. The summed E-state index contributed by atoms with van der Waals surface area (Å²) in [5.41, 5.74) is 0.908. The van der Waals surface area contributed by atoms with Crippen LogP contribution in [0.15, 0.2) is 30.5 Å². The number of carbonyl (C=O) groups is 1. The smallest absolute Gasteiger partial charge is 0.171 e. The van der Waals surface area contributed by atoms with Crippen LogP contribution < -0.4 is 0 Å². The van der Waals surface area contributed by atoms with Crippen molar-refractivity contribution < 1.29 is 9.90 Å². The predicted molar refractivity (Wildman–Crippen MR) is 59.2 cm³/mol. The third-order valence-corrected chi connectivity index (χ3v) is 3.11. The molecule has 0 aliphatic rings. The topological polar surface area (TPSA) is 50.2 Å². The highest BCUT2D eigenvalue weighted by molar-refractivity contribution is 7.16. The molecule has 0 radical (unpaired) electrons. The Morgan fingerprint density at radius 3 is 2.53 bits per heavy atom. The minimum atomic E-state index is 0.0255. The summed E-state index contributed by atoms with van der Waals surface area (Å²) in [5.74, 6) is 0.250. The van der Waals surface area contributed by atoms with E-state index in [-0.39, 0.29) is 11.5 Å². The zero-order chi connectivity index (χ0) is 10.8. The standard InChI is InChI=1S/C11H9NO2S/c1-7(13)10-6-12-11(15-10)8-2-4-9(14)5-3-8/h2-6,14H,1H3. The molecule has 0 fully saturated rings. The summed E-state index contributed by atoms with van der Waals surface area (Å²) in [6.45, 7) is 1.52. The van der Waals surface area contributed by atoms with Gasteiger partial charge in [0.15, 0.2) is 5.78 Å². The molecule has 3 nitrogen and oxygen atoms in total. The summed E-state index contributed by atoms with van der Waals surface area (Å²) >= 11 is 1.36. The fourth-order valence-electron chi connectivity index (χ4n) is 1.17. The Balaban J connectivity index is 2.37. The minimum absolute atomic E-state index is 0.0255. The normalized spacial score (nSPS) is 10.2. The van der Waals surface area contributed by atoms with Crippen LogP contribution in [-0.2, 0) is 0 Å². The number of hydrogen-bond acceptors (Lipinski definition) is 4. The van der Waals surface area contributed by atoms with Gasteiger partial charge >= 0.3 is 0 Å². The first-order valence-electron chi connectivity index (χ1n) is 4.43. The summed E-state index contributed by atoms with van der Waals surface area (Å²) < 4.78 is 0. The Morgan fingerprint density at radius 1 is 1.33 bits per heavy atom. The molecule has 0 bridgehead atoms. The maximum atomic E-state index is 11.1. The van der Waals surface area contributed by atoms with Gasteiger partial charge in [0.1, 0.15) is 10.8 Å². The second kappa shape index (κ2) is 3.82. The van der Waals surface area contributed by atoms with Crippen molar-refractivity contribution in [3.05, 3.63) is 35.3 Å². The Hall–Kier alpha value is -1.68. The predicted octanol–water partition coefficient (Wildman–Crippen LogP) is 2.72. The van der Waals surface area contributed by atoms with E-state index in [9.17, 15) is 4.79 Å². The number of Topliss-reactive ketones (excluding diaryl/α,β-unsaturated/α-hetero) is 1. The molecule has 1 heterocycles. The zero-order valence-corrected chi connectivity index (χ0v) is 8.91. The molecule has 76 valence electrons. The van der Waals surface area contributed by atoms with Crippen LogP contribution in [0.25, 0.3) is 10.6 Å². The van der Waals surface area contributed by atoms with Gasteiger partial charge in [0, 0.05) is 18.7 Å². The Morgan fingerprint density at radius 2 is 2.00 bits per heavy atom. The average molecular weight is 219 g/mol. The lowest BCUT2D eigenvalue weighted by atomic mass is 10.2. The number of aromatic hydroxyl groups is 1. The number of nitrogens with zero attached hydrogens (tertiary/aromatic N) is 1. The first-order valence-corrected chi connectivity index (χ1v) is 5.24. The van der Waals surface area contributed by atoms with Crippen molar-refractivity contribution in [3.8, 4) is 16.3 Å². The Bertz CT molecular complexity index is 488. The first kappa shape index (κ1) is 9.86. The van der Waals surface area contributed by atoms with E-state index in [2.05, 4.69) is 4.98 Å². The molecule has 0 amide bonds. The van der Waals surface area contributed by atoms with Gasteiger partial charge in [-0.05, 0) is 24.3 Å². The van der Waals surface area contributed by atoms with E-state index in [1.54, 1.807) is 30.5 Å². The van der Waals surface area contributed by atoms with Crippen molar-refractivity contribution >= 4 is 17.1 Å². The summed E-state index contributed by atoms with van der Waals surface area (Å²) in [5, 5.41) is 9.92. The molecule has 0 spiro atoms. The van der Waals surface area contributed by atoms with Crippen LogP contribution in [0.1, 0.15) is 16.6 Å². The van der Waals surface area contributed by atoms with E-state index in [0.717, 1.165) is 10.6 Å². The summed E-state index contributed by atoms with van der Waals surface area (Å²) in [7, 11) is 0. The van der Waals surface area contributed by atoms with Gasteiger partial charge in [-0.1, -0.05) is 0 Å². The van der Waals surface area contributed by atoms with E-state index in [1.165, 1.54) is 18.3 Å². The molecule has 0 saturated carbocycles. The quantitative estimate of drug-likeness (QED) is 0.790. The lowest BCUT2D eigenvalue weighted by Gasteiger charge is -1.95. The number of benzene rings is 1. The number of rotatable bonds is 2. The molecule has 0 atom stereocenters. The number of hydrogen-bond donors (Lipinski definition) is 1. The molecule has 0 aliphatic carbocycles. The van der Waals surface area contributed by atoms with Gasteiger partial charge in [0.25, 0.3) is 0 Å². The fourth-order valence-corrected chi connectivity index (χ4v) is 1.99. The highest BCUT2D eigenvalue weighted by Crippen LogP contribution is 2.26.